The van der Waals surface area contributed by atoms with E-state index in [4.69, 9.17) is 14.2 Å². The minimum atomic E-state index is -1.02. The monoisotopic (exact) mass is 507 g/mol. The van der Waals surface area contributed by atoms with Crippen LogP contribution in [0, 0.1) is 19.7 Å². The number of fused-ring (bicyclic) bond motifs is 1. The first-order chi connectivity index (χ1) is 14.9. The third-order valence-electron chi connectivity index (χ3n) is 5.08. The van der Waals surface area contributed by atoms with Gasteiger partial charge in [-0.15, -0.1) is 0 Å². The number of ether oxygens (including phenoxy) is 3. The molecule has 2 aromatic rings. The van der Waals surface area contributed by atoms with Crippen molar-refractivity contribution < 1.29 is 23.4 Å². The molecule has 0 saturated heterocycles. The maximum Gasteiger partial charge on any atom is 0.340 e. The SMILES string of the molecule is Cc1nc(C)c([C@H](OC(C)(C)C)C(=O)OC(C)C)c(-c2cc(F)c3c(c2)CCCO3)c1Br. The maximum absolute atomic E-state index is 15.0. The van der Waals surface area contributed by atoms with Gasteiger partial charge in [0.25, 0.3) is 0 Å². The summed E-state index contributed by atoms with van der Waals surface area (Å²) in [5.74, 6) is -0.610. The lowest BCUT2D eigenvalue weighted by molar-refractivity contribution is -0.171. The molecule has 0 spiro atoms. The molecule has 1 aliphatic rings. The fraction of sp³-hybridized carbons (Fsp3) is 0.520. The van der Waals surface area contributed by atoms with Gasteiger partial charge in [0.2, 0.25) is 0 Å². The lowest BCUT2D eigenvalue weighted by Crippen LogP contribution is -2.31. The maximum atomic E-state index is 15.0. The van der Waals surface area contributed by atoms with E-state index in [0.717, 1.165) is 24.1 Å². The number of halogens is 2. The minimum Gasteiger partial charge on any atom is -0.490 e. The van der Waals surface area contributed by atoms with Crippen molar-refractivity contribution in [3.8, 4) is 16.9 Å². The fourth-order valence-electron chi connectivity index (χ4n) is 3.90. The molecule has 2 heterocycles. The number of aromatic nitrogens is 1. The quantitative estimate of drug-likeness (QED) is 0.438. The van der Waals surface area contributed by atoms with Crippen molar-refractivity contribution in [1.82, 2.24) is 4.98 Å². The van der Waals surface area contributed by atoms with Gasteiger partial charge >= 0.3 is 5.97 Å². The van der Waals surface area contributed by atoms with Gasteiger partial charge in [-0.2, -0.15) is 0 Å². The Morgan fingerprint density at radius 1 is 1.22 bits per heavy atom. The van der Waals surface area contributed by atoms with Crippen LogP contribution >= 0.6 is 15.9 Å². The zero-order valence-corrected chi connectivity index (χ0v) is 21.4. The van der Waals surface area contributed by atoms with Crippen LogP contribution in [-0.4, -0.2) is 29.3 Å². The van der Waals surface area contributed by atoms with E-state index in [2.05, 4.69) is 20.9 Å². The fourth-order valence-corrected chi connectivity index (χ4v) is 4.43. The number of carbonyl (C=O) groups is 1. The molecular formula is C25H31BrFNO4. The summed E-state index contributed by atoms with van der Waals surface area (Å²) >= 11 is 3.65. The molecule has 1 aromatic heterocycles. The molecule has 3 rings (SSSR count). The second-order valence-corrected chi connectivity index (χ2v) is 10.2. The molecule has 0 aliphatic carbocycles. The highest BCUT2D eigenvalue weighted by Gasteiger charge is 2.35. The average Bonchev–Trinajstić information content (AvgIpc) is 2.67. The largest absolute Gasteiger partial charge is 0.490 e. The van der Waals surface area contributed by atoms with Gasteiger partial charge in [0.15, 0.2) is 17.7 Å². The van der Waals surface area contributed by atoms with Crippen LogP contribution in [-0.2, 0) is 20.7 Å². The Kier molecular flexibility index (Phi) is 7.30. The molecule has 0 N–H and O–H groups in total. The summed E-state index contributed by atoms with van der Waals surface area (Å²) in [6, 6.07) is 3.39. The number of nitrogens with zero attached hydrogens (tertiary/aromatic N) is 1. The van der Waals surface area contributed by atoms with Crippen LogP contribution in [0.1, 0.15) is 69.7 Å². The van der Waals surface area contributed by atoms with E-state index in [1.54, 1.807) is 13.8 Å². The molecule has 0 saturated carbocycles. The molecule has 1 aromatic carbocycles. The number of benzene rings is 1. The van der Waals surface area contributed by atoms with Crippen LogP contribution in [0.5, 0.6) is 5.75 Å². The van der Waals surface area contributed by atoms with E-state index in [-0.39, 0.29) is 6.10 Å². The molecule has 1 aliphatic heterocycles. The van der Waals surface area contributed by atoms with E-state index in [1.807, 2.05) is 40.7 Å². The Labute approximate surface area is 197 Å². The van der Waals surface area contributed by atoms with Crippen molar-refractivity contribution >= 4 is 21.9 Å². The lowest BCUT2D eigenvalue weighted by atomic mass is 9.91. The Hall–Kier alpha value is -1.99. The Morgan fingerprint density at radius 3 is 2.53 bits per heavy atom. The van der Waals surface area contributed by atoms with Crippen molar-refractivity contribution in [2.75, 3.05) is 6.61 Å². The first kappa shape index (κ1) is 24.6. The predicted octanol–water partition coefficient (Wildman–Crippen LogP) is 6.40. The summed E-state index contributed by atoms with van der Waals surface area (Å²) < 4.78 is 33.0. The zero-order chi connectivity index (χ0) is 23.8. The lowest BCUT2D eigenvalue weighted by Gasteiger charge is -2.30. The van der Waals surface area contributed by atoms with Gasteiger partial charge in [-0.05, 0) is 100 Å². The summed E-state index contributed by atoms with van der Waals surface area (Å²) in [5.41, 5.74) is 3.44. The number of carbonyl (C=O) groups excluding carboxylic acids is 1. The topological polar surface area (TPSA) is 57.7 Å². The molecule has 7 heteroatoms. The van der Waals surface area contributed by atoms with Crippen LogP contribution in [0.4, 0.5) is 4.39 Å². The first-order valence-corrected chi connectivity index (χ1v) is 11.7. The molecule has 5 nitrogen and oxygen atoms in total. The summed E-state index contributed by atoms with van der Waals surface area (Å²) in [7, 11) is 0. The molecule has 0 unspecified atom stereocenters. The minimum absolute atomic E-state index is 0.307. The smallest absolute Gasteiger partial charge is 0.340 e. The normalized spacial score (nSPS) is 14.7. The molecule has 32 heavy (non-hydrogen) atoms. The highest BCUT2D eigenvalue weighted by Crippen LogP contribution is 2.43. The Balaban J connectivity index is 2.28. The van der Waals surface area contributed by atoms with Crippen LogP contribution < -0.4 is 4.74 Å². The third-order valence-corrected chi connectivity index (χ3v) is 6.05. The number of aryl methyl sites for hydroxylation is 3. The summed E-state index contributed by atoms with van der Waals surface area (Å²) in [6.07, 6.45) is 0.229. The number of rotatable bonds is 5. The van der Waals surface area contributed by atoms with Gasteiger partial charge in [-0.3, -0.25) is 4.98 Å². The summed E-state index contributed by atoms with van der Waals surface area (Å²) in [4.78, 5) is 17.8. The highest BCUT2D eigenvalue weighted by molar-refractivity contribution is 9.10. The molecule has 0 fully saturated rings. The van der Waals surface area contributed by atoms with Crippen molar-refractivity contribution in [2.45, 2.75) is 79.1 Å². The predicted molar refractivity (Wildman–Crippen MR) is 125 cm³/mol. The third kappa shape index (κ3) is 5.31. The van der Waals surface area contributed by atoms with Crippen LogP contribution in [0.25, 0.3) is 11.1 Å². The van der Waals surface area contributed by atoms with Crippen molar-refractivity contribution in [3.05, 3.63) is 44.9 Å². The summed E-state index contributed by atoms with van der Waals surface area (Å²) in [5, 5.41) is 0. The molecule has 174 valence electrons. The van der Waals surface area contributed by atoms with Crippen LogP contribution in [0.2, 0.25) is 0 Å². The van der Waals surface area contributed by atoms with Gasteiger partial charge in [-0.25, -0.2) is 9.18 Å². The van der Waals surface area contributed by atoms with Crippen molar-refractivity contribution in [1.29, 1.82) is 0 Å². The molecular weight excluding hydrogens is 477 g/mol. The van der Waals surface area contributed by atoms with Gasteiger partial charge in [0, 0.05) is 21.3 Å². The highest BCUT2D eigenvalue weighted by atomic mass is 79.9. The first-order valence-electron chi connectivity index (χ1n) is 10.9. The Morgan fingerprint density at radius 2 is 1.91 bits per heavy atom. The second kappa shape index (κ2) is 9.48. The van der Waals surface area contributed by atoms with E-state index in [9.17, 15) is 4.79 Å². The molecule has 0 bridgehead atoms. The molecule has 0 amide bonds. The number of hydrogen-bond donors (Lipinski definition) is 0. The van der Waals surface area contributed by atoms with Gasteiger partial charge in [0.1, 0.15) is 0 Å². The second-order valence-electron chi connectivity index (χ2n) is 9.38. The average molecular weight is 508 g/mol. The van der Waals surface area contributed by atoms with E-state index >= 15 is 4.39 Å². The molecule has 0 radical (unpaired) electrons. The van der Waals surface area contributed by atoms with E-state index in [1.165, 1.54) is 6.07 Å². The van der Waals surface area contributed by atoms with Crippen LogP contribution in [0.15, 0.2) is 16.6 Å². The van der Waals surface area contributed by atoms with E-state index in [0.29, 0.717) is 39.2 Å². The zero-order valence-electron chi connectivity index (χ0n) is 19.8. The van der Waals surface area contributed by atoms with Crippen molar-refractivity contribution in [3.63, 3.8) is 0 Å². The van der Waals surface area contributed by atoms with Gasteiger partial charge in [-0.1, -0.05) is 0 Å². The summed E-state index contributed by atoms with van der Waals surface area (Å²) in [6.45, 7) is 13.4. The Bertz CT molecular complexity index is 1030. The number of pyridine rings is 1. The number of hydrogen-bond acceptors (Lipinski definition) is 5. The molecule has 1 atom stereocenters. The number of esters is 1. The van der Waals surface area contributed by atoms with Gasteiger partial charge in [0.05, 0.1) is 24.0 Å². The standard InChI is InChI=1S/C25H31BrFNO4/c1-13(2)31-24(29)23(32-25(5,6)7)19-14(3)28-15(4)21(26)20(19)17-11-16-9-8-10-30-22(16)18(27)12-17/h11-13,23H,8-10H2,1-7H3/t23-/m0/s1. The van der Waals surface area contributed by atoms with Crippen LogP contribution in [0.3, 0.4) is 0 Å². The van der Waals surface area contributed by atoms with Crippen molar-refractivity contribution in [2.24, 2.45) is 0 Å². The van der Waals surface area contributed by atoms with E-state index < -0.39 is 23.5 Å². The van der Waals surface area contributed by atoms with Gasteiger partial charge < -0.3 is 14.2 Å².